The van der Waals surface area contributed by atoms with Gasteiger partial charge in [0, 0.05) is 32.4 Å². The molecule has 0 saturated carbocycles. The predicted molar refractivity (Wildman–Crippen MR) is 69.5 cm³/mol. The highest BCUT2D eigenvalue weighted by Gasteiger charge is 2.15. The zero-order valence-corrected chi connectivity index (χ0v) is 10.1. The highest BCUT2D eigenvalue weighted by atomic mass is 15.3. The van der Waals surface area contributed by atoms with E-state index in [0.29, 0.717) is 6.67 Å². The van der Waals surface area contributed by atoms with Crippen LogP contribution in [0.25, 0.3) is 0 Å². The SMILES string of the molecule is C=C/C=C(/C=NCN)N1CCN(CC)CC1. The third-order valence-electron chi connectivity index (χ3n) is 2.80. The minimum atomic E-state index is 0.337. The topological polar surface area (TPSA) is 44.9 Å². The fourth-order valence-electron chi connectivity index (χ4n) is 1.82. The summed E-state index contributed by atoms with van der Waals surface area (Å²) in [5, 5.41) is 0. The first-order valence-corrected chi connectivity index (χ1v) is 5.81. The molecule has 0 bridgehead atoms. The van der Waals surface area contributed by atoms with E-state index >= 15 is 0 Å². The van der Waals surface area contributed by atoms with Crippen molar-refractivity contribution < 1.29 is 0 Å². The number of nitrogens with two attached hydrogens (primary N) is 1. The van der Waals surface area contributed by atoms with Gasteiger partial charge in [-0.2, -0.15) is 0 Å². The van der Waals surface area contributed by atoms with Gasteiger partial charge in [0.2, 0.25) is 0 Å². The summed E-state index contributed by atoms with van der Waals surface area (Å²) < 4.78 is 0. The highest BCUT2D eigenvalue weighted by Crippen LogP contribution is 2.08. The van der Waals surface area contributed by atoms with Gasteiger partial charge in [-0.3, -0.25) is 4.99 Å². The Bertz CT molecular complexity index is 262. The lowest BCUT2D eigenvalue weighted by Gasteiger charge is -2.35. The number of rotatable bonds is 5. The first-order valence-electron chi connectivity index (χ1n) is 5.81. The number of likely N-dealkylation sites (N-methyl/N-ethyl adjacent to an activating group) is 1. The molecule has 16 heavy (non-hydrogen) atoms. The van der Waals surface area contributed by atoms with Crippen LogP contribution in [0.3, 0.4) is 0 Å². The molecular formula is C12H22N4. The standard InChI is InChI=1S/C12H22N4/c1-3-5-12(10-14-11-13)16-8-6-15(4-2)7-9-16/h3,5,10H,1,4,6-9,11,13H2,2H3/b12-5-,14-10?. The molecule has 0 aliphatic carbocycles. The molecule has 1 rings (SSSR count). The van der Waals surface area contributed by atoms with Crippen LogP contribution in [0, 0.1) is 0 Å². The summed E-state index contributed by atoms with van der Waals surface area (Å²) in [7, 11) is 0. The van der Waals surface area contributed by atoms with Crippen molar-refractivity contribution in [3.8, 4) is 0 Å². The molecule has 0 unspecified atom stereocenters. The third kappa shape index (κ3) is 3.79. The van der Waals surface area contributed by atoms with Crippen molar-refractivity contribution in [2.45, 2.75) is 6.92 Å². The number of hydrogen-bond donors (Lipinski definition) is 1. The van der Waals surface area contributed by atoms with E-state index in [1.165, 1.54) is 0 Å². The fourth-order valence-corrected chi connectivity index (χ4v) is 1.82. The summed E-state index contributed by atoms with van der Waals surface area (Å²) in [6, 6.07) is 0. The maximum Gasteiger partial charge on any atom is 0.0860 e. The van der Waals surface area contributed by atoms with Gasteiger partial charge < -0.3 is 15.5 Å². The zero-order chi connectivity index (χ0) is 11.8. The quantitative estimate of drug-likeness (QED) is 0.549. The van der Waals surface area contributed by atoms with E-state index in [4.69, 9.17) is 5.73 Å². The molecule has 1 saturated heterocycles. The van der Waals surface area contributed by atoms with Gasteiger partial charge in [0.05, 0.1) is 12.4 Å². The summed E-state index contributed by atoms with van der Waals surface area (Å²) in [6.07, 6.45) is 5.62. The van der Waals surface area contributed by atoms with E-state index < -0.39 is 0 Å². The number of allylic oxidation sites excluding steroid dienone is 3. The van der Waals surface area contributed by atoms with Crippen molar-refractivity contribution >= 4 is 6.21 Å². The minimum Gasteiger partial charge on any atom is -0.368 e. The lowest BCUT2D eigenvalue weighted by atomic mass is 10.2. The summed E-state index contributed by atoms with van der Waals surface area (Å²) in [5.41, 5.74) is 6.48. The first-order chi connectivity index (χ1) is 7.81. The summed E-state index contributed by atoms with van der Waals surface area (Å²) >= 11 is 0. The minimum absolute atomic E-state index is 0.337. The van der Waals surface area contributed by atoms with Crippen LogP contribution in [0.2, 0.25) is 0 Å². The average molecular weight is 222 g/mol. The Morgan fingerprint density at radius 3 is 2.56 bits per heavy atom. The smallest absolute Gasteiger partial charge is 0.0860 e. The molecule has 1 aliphatic heterocycles. The second-order valence-corrected chi connectivity index (χ2v) is 3.74. The van der Waals surface area contributed by atoms with Crippen molar-refractivity contribution in [3.63, 3.8) is 0 Å². The summed E-state index contributed by atoms with van der Waals surface area (Å²) in [6.45, 7) is 11.7. The van der Waals surface area contributed by atoms with Crippen molar-refractivity contribution in [1.29, 1.82) is 0 Å². The molecule has 0 radical (unpaired) electrons. The molecule has 0 atom stereocenters. The molecular weight excluding hydrogens is 200 g/mol. The molecule has 2 N–H and O–H groups in total. The van der Waals surface area contributed by atoms with E-state index in [1.54, 1.807) is 6.08 Å². The molecule has 0 aromatic carbocycles. The van der Waals surface area contributed by atoms with Gasteiger partial charge in [-0.05, 0) is 12.6 Å². The number of hydrogen-bond acceptors (Lipinski definition) is 4. The van der Waals surface area contributed by atoms with Crippen LogP contribution >= 0.6 is 0 Å². The molecule has 90 valence electrons. The molecule has 0 aromatic heterocycles. The summed E-state index contributed by atoms with van der Waals surface area (Å²) in [4.78, 5) is 8.86. The second-order valence-electron chi connectivity index (χ2n) is 3.74. The Labute approximate surface area is 98.1 Å². The van der Waals surface area contributed by atoms with Gasteiger partial charge in [-0.1, -0.05) is 19.6 Å². The molecule has 4 heteroatoms. The molecule has 0 amide bonds. The lowest BCUT2D eigenvalue weighted by Crippen LogP contribution is -2.45. The predicted octanol–water partition coefficient (Wildman–Crippen LogP) is 0.681. The highest BCUT2D eigenvalue weighted by molar-refractivity contribution is 5.78. The zero-order valence-electron chi connectivity index (χ0n) is 10.1. The van der Waals surface area contributed by atoms with Gasteiger partial charge in [0.25, 0.3) is 0 Å². The molecule has 4 nitrogen and oxygen atoms in total. The first kappa shape index (κ1) is 12.9. The Morgan fingerprint density at radius 1 is 1.38 bits per heavy atom. The van der Waals surface area contributed by atoms with Gasteiger partial charge in [0.1, 0.15) is 0 Å². The Balaban J connectivity index is 2.57. The molecule has 1 heterocycles. The maximum atomic E-state index is 5.37. The Kier molecular flexibility index (Phi) is 5.82. The largest absolute Gasteiger partial charge is 0.368 e. The van der Waals surface area contributed by atoms with Gasteiger partial charge in [-0.25, -0.2) is 0 Å². The molecule has 0 aromatic rings. The van der Waals surface area contributed by atoms with Crippen molar-refractivity contribution in [2.24, 2.45) is 10.7 Å². The fraction of sp³-hybridized carbons (Fsp3) is 0.583. The maximum absolute atomic E-state index is 5.37. The number of aliphatic imine (C=N–C) groups is 1. The van der Waals surface area contributed by atoms with Crippen molar-refractivity contribution in [1.82, 2.24) is 9.80 Å². The molecule has 0 spiro atoms. The third-order valence-corrected chi connectivity index (χ3v) is 2.80. The van der Waals surface area contributed by atoms with Crippen LogP contribution in [-0.4, -0.2) is 55.4 Å². The molecule has 1 fully saturated rings. The summed E-state index contributed by atoms with van der Waals surface area (Å²) in [5.74, 6) is 0. The van der Waals surface area contributed by atoms with Gasteiger partial charge >= 0.3 is 0 Å². The van der Waals surface area contributed by atoms with Gasteiger partial charge in [-0.15, -0.1) is 0 Å². The van der Waals surface area contributed by atoms with E-state index in [2.05, 4.69) is 28.3 Å². The normalized spacial score (nSPS) is 19.4. The van der Waals surface area contributed by atoms with Crippen LogP contribution < -0.4 is 5.73 Å². The van der Waals surface area contributed by atoms with Crippen LogP contribution in [0.4, 0.5) is 0 Å². The van der Waals surface area contributed by atoms with Crippen LogP contribution in [0.15, 0.2) is 29.4 Å². The van der Waals surface area contributed by atoms with Crippen LogP contribution in [0.5, 0.6) is 0 Å². The van der Waals surface area contributed by atoms with E-state index in [0.717, 1.165) is 38.4 Å². The lowest BCUT2D eigenvalue weighted by molar-refractivity contribution is 0.171. The van der Waals surface area contributed by atoms with E-state index in [-0.39, 0.29) is 0 Å². The monoisotopic (exact) mass is 222 g/mol. The molecule has 1 aliphatic rings. The van der Waals surface area contributed by atoms with Crippen molar-refractivity contribution in [3.05, 3.63) is 24.4 Å². The van der Waals surface area contributed by atoms with Crippen LogP contribution in [-0.2, 0) is 0 Å². The second kappa shape index (κ2) is 7.19. The number of piperazine rings is 1. The van der Waals surface area contributed by atoms with E-state index in [1.807, 2.05) is 12.3 Å². The van der Waals surface area contributed by atoms with E-state index in [9.17, 15) is 0 Å². The van der Waals surface area contributed by atoms with Crippen molar-refractivity contribution in [2.75, 3.05) is 39.4 Å². The van der Waals surface area contributed by atoms with Gasteiger partial charge in [0.15, 0.2) is 0 Å². The van der Waals surface area contributed by atoms with Crippen LogP contribution in [0.1, 0.15) is 6.92 Å². The Morgan fingerprint density at radius 2 is 2.06 bits per heavy atom. The Hall–Kier alpha value is -1.13. The average Bonchev–Trinajstić information content (AvgIpc) is 2.35. The number of nitrogens with zero attached hydrogens (tertiary/aromatic N) is 3.